The van der Waals surface area contributed by atoms with Gasteiger partial charge in [0.05, 0.1) is 0 Å². The van der Waals surface area contributed by atoms with E-state index in [1.54, 1.807) is 0 Å². The number of nitrogens with one attached hydrogen (secondary N) is 3. The molecule has 6 nitrogen and oxygen atoms in total. The molecule has 0 aromatic heterocycles. The van der Waals surface area contributed by atoms with Crippen molar-refractivity contribution in [3.63, 3.8) is 0 Å². The predicted octanol–water partition coefficient (Wildman–Crippen LogP) is 0.873. The summed E-state index contributed by atoms with van der Waals surface area (Å²) in [6.45, 7) is 7.98. The second kappa shape index (κ2) is 10.7. The van der Waals surface area contributed by atoms with Crippen LogP contribution in [0.4, 0.5) is 0 Å². The third-order valence-corrected chi connectivity index (χ3v) is 5.04. The van der Waals surface area contributed by atoms with E-state index in [1.807, 2.05) is 6.92 Å². The van der Waals surface area contributed by atoms with E-state index in [9.17, 15) is 9.59 Å². The topological polar surface area (TPSA) is 73.5 Å². The lowest BCUT2D eigenvalue weighted by molar-refractivity contribution is -0.127. The van der Waals surface area contributed by atoms with Gasteiger partial charge in [-0.25, -0.2) is 0 Å². The zero-order valence-electron chi connectivity index (χ0n) is 15.1. The number of hydrogen-bond donors (Lipinski definition) is 3. The first-order valence-electron chi connectivity index (χ1n) is 9.65. The normalized spacial score (nSPS) is 21.2. The second-order valence-electron chi connectivity index (χ2n) is 7.24. The van der Waals surface area contributed by atoms with Crippen LogP contribution < -0.4 is 16.0 Å². The molecule has 0 spiro atoms. The third kappa shape index (κ3) is 7.18. The van der Waals surface area contributed by atoms with Crippen molar-refractivity contribution >= 4 is 11.8 Å². The van der Waals surface area contributed by atoms with Gasteiger partial charge in [-0.1, -0.05) is 19.3 Å². The molecule has 3 N–H and O–H groups in total. The maximum absolute atomic E-state index is 12.2. The average molecular weight is 338 g/mol. The number of carbonyl (C=O) groups excluding carboxylic acids is 2. The van der Waals surface area contributed by atoms with Crippen molar-refractivity contribution in [3.05, 3.63) is 0 Å². The van der Waals surface area contributed by atoms with Crippen molar-refractivity contribution in [3.8, 4) is 0 Å². The molecular weight excluding hydrogens is 304 g/mol. The van der Waals surface area contributed by atoms with Crippen LogP contribution in [0, 0.1) is 5.92 Å². The van der Waals surface area contributed by atoms with Crippen LogP contribution in [0.15, 0.2) is 0 Å². The first-order chi connectivity index (χ1) is 11.6. The van der Waals surface area contributed by atoms with E-state index in [0.29, 0.717) is 13.0 Å². The highest BCUT2D eigenvalue weighted by Gasteiger charge is 2.22. The Morgan fingerprint density at radius 2 is 1.88 bits per heavy atom. The van der Waals surface area contributed by atoms with Crippen molar-refractivity contribution in [1.82, 2.24) is 20.9 Å². The van der Waals surface area contributed by atoms with E-state index >= 15 is 0 Å². The van der Waals surface area contributed by atoms with Crippen LogP contribution in [0.5, 0.6) is 0 Å². The minimum atomic E-state index is -0.0902. The minimum absolute atomic E-state index is 0.0340. The van der Waals surface area contributed by atoms with E-state index in [1.165, 1.54) is 6.42 Å². The fourth-order valence-electron chi connectivity index (χ4n) is 3.59. The van der Waals surface area contributed by atoms with Crippen molar-refractivity contribution in [2.24, 2.45) is 5.92 Å². The van der Waals surface area contributed by atoms with Gasteiger partial charge in [0.25, 0.3) is 0 Å². The Morgan fingerprint density at radius 3 is 2.58 bits per heavy atom. The summed E-state index contributed by atoms with van der Waals surface area (Å²) in [5, 5.41) is 9.32. The van der Waals surface area contributed by atoms with Gasteiger partial charge in [0.2, 0.25) is 11.8 Å². The predicted molar refractivity (Wildman–Crippen MR) is 95.7 cm³/mol. The maximum atomic E-state index is 12.2. The highest BCUT2D eigenvalue weighted by molar-refractivity contribution is 5.81. The molecule has 1 atom stereocenters. The highest BCUT2D eigenvalue weighted by atomic mass is 16.2. The van der Waals surface area contributed by atoms with Crippen molar-refractivity contribution in [2.45, 2.75) is 57.9 Å². The van der Waals surface area contributed by atoms with E-state index in [-0.39, 0.29) is 23.8 Å². The molecule has 1 aliphatic heterocycles. The number of amides is 2. The Kier molecular flexibility index (Phi) is 8.53. The maximum Gasteiger partial charge on any atom is 0.223 e. The summed E-state index contributed by atoms with van der Waals surface area (Å²) < 4.78 is 0. The van der Waals surface area contributed by atoms with Crippen LogP contribution in [-0.4, -0.2) is 62.0 Å². The number of rotatable bonds is 8. The van der Waals surface area contributed by atoms with Gasteiger partial charge in [-0.3, -0.25) is 9.59 Å². The van der Waals surface area contributed by atoms with E-state index in [0.717, 1.165) is 64.8 Å². The fourth-order valence-corrected chi connectivity index (χ4v) is 3.59. The summed E-state index contributed by atoms with van der Waals surface area (Å²) in [5.74, 6) is 0.323. The molecule has 2 aliphatic rings. The molecular formula is C18H34N4O2. The molecule has 6 heteroatoms. The molecule has 0 aromatic rings. The average Bonchev–Trinajstić information content (AvgIpc) is 2.60. The first kappa shape index (κ1) is 19.2. The SMILES string of the molecule is CC(CC(=O)NCCCN1CCNCC1)NC(=O)C1CCCCC1. The largest absolute Gasteiger partial charge is 0.356 e. The van der Waals surface area contributed by atoms with Crippen LogP contribution in [-0.2, 0) is 9.59 Å². The van der Waals surface area contributed by atoms with Crippen LogP contribution >= 0.6 is 0 Å². The number of carbonyl (C=O) groups is 2. The van der Waals surface area contributed by atoms with Crippen LogP contribution in [0.1, 0.15) is 51.9 Å². The molecule has 2 amide bonds. The second-order valence-corrected chi connectivity index (χ2v) is 7.24. The molecule has 1 saturated carbocycles. The zero-order valence-corrected chi connectivity index (χ0v) is 15.1. The van der Waals surface area contributed by atoms with Crippen LogP contribution in [0.3, 0.4) is 0 Å². The molecule has 2 rings (SSSR count). The van der Waals surface area contributed by atoms with Gasteiger partial charge in [0, 0.05) is 51.1 Å². The standard InChI is InChI=1S/C18H34N4O2/c1-15(21-18(24)16-6-3-2-4-7-16)14-17(23)20-8-5-11-22-12-9-19-10-13-22/h15-16,19H,2-14H2,1H3,(H,20,23)(H,21,24). The van der Waals surface area contributed by atoms with Crippen LogP contribution in [0.2, 0.25) is 0 Å². The van der Waals surface area contributed by atoms with E-state index in [2.05, 4.69) is 20.9 Å². The van der Waals surface area contributed by atoms with Crippen molar-refractivity contribution in [1.29, 1.82) is 0 Å². The lowest BCUT2D eigenvalue weighted by Crippen LogP contribution is -2.44. The Balaban J connectivity index is 1.53. The Bertz CT molecular complexity index is 390. The van der Waals surface area contributed by atoms with Crippen LogP contribution in [0.25, 0.3) is 0 Å². The summed E-state index contributed by atoms with van der Waals surface area (Å²) in [6, 6.07) is -0.0902. The van der Waals surface area contributed by atoms with Crippen molar-refractivity contribution in [2.75, 3.05) is 39.3 Å². The van der Waals surface area contributed by atoms with Gasteiger partial charge in [-0.15, -0.1) is 0 Å². The molecule has 1 aliphatic carbocycles. The number of piperazine rings is 1. The Labute approximate surface area is 146 Å². The van der Waals surface area contributed by atoms with Gasteiger partial charge < -0.3 is 20.9 Å². The molecule has 24 heavy (non-hydrogen) atoms. The molecule has 0 aromatic carbocycles. The Morgan fingerprint density at radius 1 is 1.17 bits per heavy atom. The fraction of sp³-hybridized carbons (Fsp3) is 0.889. The van der Waals surface area contributed by atoms with Gasteiger partial charge in [0.15, 0.2) is 0 Å². The summed E-state index contributed by atoms with van der Waals surface area (Å²) in [6.07, 6.45) is 6.89. The molecule has 1 heterocycles. The van der Waals surface area contributed by atoms with E-state index in [4.69, 9.17) is 0 Å². The monoisotopic (exact) mass is 338 g/mol. The molecule has 2 fully saturated rings. The quantitative estimate of drug-likeness (QED) is 0.574. The summed E-state index contributed by atoms with van der Waals surface area (Å²) in [7, 11) is 0. The minimum Gasteiger partial charge on any atom is -0.356 e. The molecule has 1 saturated heterocycles. The molecule has 1 unspecified atom stereocenters. The lowest BCUT2D eigenvalue weighted by Gasteiger charge is -2.27. The van der Waals surface area contributed by atoms with Gasteiger partial charge in [0.1, 0.15) is 0 Å². The van der Waals surface area contributed by atoms with Gasteiger partial charge in [-0.05, 0) is 32.7 Å². The van der Waals surface area contributed by atoms with Gasteiger partial charge >= 0.3 is 0 Å². The zero-order chi connectivity index (χ0) is 17.2. The number of hydrogen-bond acceptors (Lipinski definition) is 4. The number of nitrogens with zero attached hydrogens (tertiary/aromatic N) is 1. The molecule has 0 bridgehead atoms. The molecule has 138 valence electrons. The lowest BCUT2D eigenvalue weighted by atomic mass is 9.88. The summed E-state index contributed by atoms with van der Waals surface area (Å²) in [4.78, 5) is 26.6. The first-order valence-corrected chi connectivity index (χ1v) is 9.65. The smallest absolute Gasteiger partial charge is 0.223 e. The Hall–Kier alpha value is -1.14. The summed E-state index contributed by atoms with van der Waals surface area (Å²) >= 11 is 0. The molecule has 0 radical (unpaired) electrons. The third-order valence-electron chi connectivity index (χ3n) is 5.04. The van der Waals surface area contributed by atoms with Gasteiger partial charge in [-0.2, -0.15) is 0 Å². The van der Waals surface area contributed by atoms with E-state index < -0.39 is 0 Å². The summed E-state index contributed by atoms with van der Waals surface area (Å²) in [5.41, 5.74) is 0. The van der Waals surface area contributed by atoms with Crippen molar-refractivity contribution < 1.29 is 9.59 Å². The highest BCUT2D eigenvalue weighted by Crippen LogP contribution is 2.23.